The first-order valence-corrected chi connectivity index (χ1v) is 7.40. The zero-order valence-electron chi connectivity index (χ0n) is 12.6. The van der Waals surface area contributed by atoms with Gasteiger partial charge in [-0.05, 0) is 30.3 Å². The quantitative estimate of drug-likeness (QED) is 0.842. The third kappa shape index (κ3) is 5.23. The molecule has 2 rings (SSSR count). The Labute approximate surface area is 139 Å². The van der Waals surface area contributed by atoms with E-state index < -0.39 is 0 Å². The minimum atomic E-state index is -0.357. The summed E-state index contributed by atoms with van der Waals surface area (Å²) in [6.07, 6.45) is -0.349. The Balaban J connectivity index is 1.83. The molecule has 1 amide bonds. The predicted octanol–water partition coefficient (Wildman–Crippen LogP) is 3.36. The van der Waals surface area contributed by atoms with Crippen LogP contribution >= 0.6 is 11.6 Å². The molecule has 0 fully saturated rings. The molecule has 1 N–H and O–H groups in total. The maximum Gasteiger partial charge on any atom is 0.258 e. The van der Waals surface area contributed by atoms with Crippen LogP contribution in [-0.2, 0) is 9.53 Å². The highest BCUT2D eigenvalue weighted by Gasteiger charge is 2.15. The fourth-order valence-electron chi connectivity index (χ4n) is 1.99. The van der Waals surface area contributed by atoms with Crippen LogP contribution in [0.1, 0.15) is 11.7 Å². The molecule has 0 bridgehead atoms. The van der Waals surface area contributed by atoms with Gasteiger partial charge >= 0.3 is 0 Å². The van der Waals surface area contributed by atoms with E-state index in [0.29, 0.717) is 10.8 Å². The first-order valence-electron chi connectivity index (χ1n) is 7.02. The molecule has 0 saturated heterocycles. The number of halogens is 2. The van der Waals surface area contributed by atoms with E-state index in [0.717, 1.165) is 5.56 Å². The van der Waals surface area contributed by atoms with Gasteiger partial charge in [-0.25, -0.2) is 4.39 Å². The van der Waals surface area contributed by atoms with E-state index in [-0.39, 0.29) is 31.0 Å². The Morgan fingerprint density at radius 3 is 2.57 bits per heavy atom. The number of hydrogen-bond acceptors (Lipinski definition) is 3. The average Bonchev–Trinajstić information content (AvgIpc) is 2.56. The number of hydrogen-bond donors (Lipinski definition) is 1. The summed E-state index contributed by atoms with van der Waals surface area (Å²) in [6.45, 7) is 0.108. The van der Waals surface area contributed by atoms with E-state index in [4.69, 9.17) is 21.1 Å². The van der Waals surface area contributed by atoms with E-state index in [1.807, 2.05) is 18.2 Å². The van der Waals surface area contributed by atoms with Gasteiger partial charge in [0.2, 0.25) is 0 Å². The second kappa shape index (κ2) is 8.50. The Morgan fingerprint density at radius 2 is 1.91 bits per heavy atom. The molecule has 122 valence electrons. The van der Waals surface area contributed by atoms with Gasteiger partial charge in [-0.1, -0.05) is 29.8 Å². The van der Waals surface area contributed by atoms with E-state index in [2.05, 4.69) is 5.32 Å². The number of carbonyl (C=O) groups is 1. The van der Waals surface area contributed by atoms with Gasteiger partial charge in [-0.2, -0.15) is 0 Å². The molecule has 4 nitrogen and oxygen atoms in total. The highest BCUT2D eigenvalue weighted by Crippen LogP contribution is 2.24. The molecule has 0 unspecified atom stereocenters. The van der Waals surface area contributed by atoms with Gasteiger partial charge in [0.15, 0.2) is 6.61 Å². The van der Waals surface area contributed by atoms with Crippen molar-refractivity contribution in [3.63, 3.8) is 0 Å². The third-order valence-electron chi connectivity index (χ3n) is 3.20. The van der Waals surface area contributed by atoms with E-state index in [9.17, 15) is 9.18 Å². The second-order valence-electron chi connectivity index (χ2n) is 4.79. The topological polar surface area (TPSA) is 47.6 Å². The zero-order chi connectivity index (χ0) is 16.7. The van der Waals surface area contributed by atoms with Crippen LogP contribution < -0.4 is 10.1 Å². The fourth-order valence-corrected chi connectivity index (χ4v) is 2.25. The number of ether oxygens (including phenoxy) is 2. The summed E-state index contributed by atoms with van der Waals surface area (Å²) >= 11 is 6.12. The third-order valence-corrected chi connectivity index (χ3v) is 3.55. The maximum absolute atomic E-state index is 12.8. The molecule has 6 heteroatoms. The number of carbonyl (C=O) groups excluding carboxylic acids is 1. The summed E-state index contributed by atoms with van der Waals surface area (Å²) in [5, 5.41) is 3.30. The monoisotopic (exact) mass is 337 g/mol. The molecule has 0 aromatic heterocycles. The summed E-state index contributed by atoms with van der Waals surface area (Å²) in [6, 6.07) is 12.8. The van der Waals surface area contributed by atoms with Crippen molar-refractivity contribution in [3.8, 4) is 5.75 Å². The van der Waals surface area contributed by atoms with Crippen molar-refractivity contribution >= 4 is 17.5 Å². The Hall–Kier alpha value is -2.11. The highest BCUT2D eigenvalue weighted by atomic mass is 35.5. The van der Waals surface area contributed by atoms with Gasteiger partial charge in [0.1, 0.15) is 17.7 Å². The lowest BCUT2D eigenvalue weighted by molar-refractivity contribution is -0.123. The van der Waals surface area contributed by atoms with Crippen LogP contribution in [0, 0.1) is 5.82 Å². The lowest BCUT2D eigenvalue weighted by atomic mass is 10.1. The first kappa shape index (κ1) is 17.2. The molecule has 23 heavy (non-hydrogen) atoms. The fraction of sp³-hybridized carbons (Fsp3) is 0.235. The normalized spacial score (nSPS) is 11.8. The number of methoxy groups -OCH3 is 1. The summed E-state index contributed by atoms with van der Waals surface area (Å²) in [5.41, 5.74) is 0.802. The number of nitrogens with one attached hydrogen (secondary N) is 1. The van der Waals surface area contributed by atoms with Crippen molar-refractivity contribution in [2.24, 2.45) is 0 Å². The lowest BCUT2D eigenvalue weighted by Crippen LogP contribution is -2.33. The van der Waals surface area contributed by atoms with Crippen LogP contribution in [-0.4, -0.2) is 26.2 Å². The molecule has 0 radical (unpaired) electrons. The smallest absolute Gasteiger partial charge is 0.258 e. The van der Waals surface area contributed by atoms with Crippen LogP contribution in [0.4, 0.5) is 4.39 Å². The molecule has 0 spiro atoms. The lowest BCUT2D eigenvalue weighted by Gasteiger charge is -2.17. The van der Waals surface area contributed by atoms with Gasteiger partial charge in [-0.3, -0.25) is 4.79 Å². The molecule has 0 aliphatic rings. The molecule has 2 aromatic rings. The molecule has 0 saturated carbocycles. The first-order chi connectivity index (χ1) is 11.1. The standard InChI is InChI=1S/C17H17ClFNO3/c1-22-16(14-4-2-3-5-15(14)18)10-20-17(21)11-23-13-8-6-12(19)7-9-13/h2-9,16H,10-11H2,1H3,(H,20,21)/t16-/m1/s1. The van der Waals surface area contributed by atoms with Crippen LogP contribution in [0.25, 0.3) is 0 Å². The van der Waals surface area contributed by atoms with Gasteiger partial charge in [-0.15, -0.1) is 0 Å². The molecule has 0 heterocycles. The predicted molar refractivity (Wildman–Crippen MR) is 86.1 cm³/mol. The Morgan fingerprint density at radius 1 is 1.22 bits per heavy atom. The van der Waals surface area contributed by atoms with Gasteiger partial charge < -0.3 is 14.8 Å². The van der Waals surface area contributed by atoms with Gasteiger partial charge in [0.25, 0.3) is 5.91 Å². The average molecular weight is 338 g/mol. The Bertz CT molecular complexity index is 649. The molecule has 0 aliphatic heterocycles. The number of benzene rings is 2. The van der Waals surface area contributed by atoms with Crippen molar-refractivity contribution in [1.29, 1.82) is 0 Å². The van der Waals surface area contributed by atoms with Crippen LogP contribution in [0.5, 0.6) is 5.75 Å². The molecule has 1 atom stereocenters. The zero-order valence-corrected chi connectivity index (χ0v) is 13.3. The highest BCUT2D eigenvalue weighted by molar-refractivity contribution is 6.31. The summed E-state index contributed by atoms with van der Waals surface area (Å²) in [4.78, 5) is 11.8. The summed E-state index contributed by atoms with van der Waals surface area (Å²) in [7, 11) is 1.55. The minimum absolute atomic E-state index is 0.162. The summed E-state index contributed by atoms with van der Waals surface area (Å²) in [5.74, 6) is -0.233. The Kier molecular flexibility index (Phi) is 6.38. The van der Waals surface area contributed by atoms with Crippen molar-refractivity contribution in [2.75, 3.05) is 20.3 Å². The SMILES string of the molecule is CO[C@H](CNC(=O)COc1ccc(F)cc1)c1ccccc1Cl. The number of amides is 1. The van der Waals surface area contributed by atoms with Crippen molar-refractivity contribution in [2.45, 2.75) is 6.10 Å². The van der Waals surface area contributed by atoms with E-state index >= 15 is 0 Å². The van der Waals surface area contributed by atoms with E-state index in [1.165, 1.54) is 24.3 Å². The van der Waals surface area contributed by atoms with Crippen molar-refractivity contribution in [3.05, 3.63) is 64.9 Å². The molecular weight excluding hydrogens is 321 g/mol. The van der Waals surface area contributed by atoms with Crippen molar-refractivity contribution < 1.29 is 18.7 Å². The maximum atomic E-state index is 12.8. The van der Waals surface area contributed by atoms with Crippen LogP contribution in [0.3, 0.4) is 0 Å². The van der Waals surface area contributed by atoms with Gasteiger partial charge in [0.05, 0.1) is 0 Å². The van der Waals surface area contributed by atoms with Crippen LogP contribution in [0.2, 0.25) is 5.02 Å². The molecular formula is C17H17ClFNO3. The second-order valence-corrected chi connectivity index (χ2v) is 5.20. The van der Waals surface area contributed by atoms with Crippen molar-refractivity contribution in [1.82, 2.24) is 5.32 Å². The van der Waals surface area contributed by atoms with E-state index in [1.54, 1.807) is 13.2 Å². The summed E-state index contributed by atoms with van der Waals surface area (Å²) < 4.78 is 23.4. The molecule has 0 aliphatic carbocycles. The van der Waals surface area contributed by atoms with Crippen LogP contribution in [0.15, 0.2) is 48.5 Å². The molecule has 2 aromatic carbocycles. The minimum Gasteiger partial charge on any atom is -0.484 e. The number of rotatable bonds is 7. The largest absolute Gasteiger partial charge is 0.484 e. The van der Waals surface area contributed by atoms with Gasteiger partial charge in [0, 0.05) is 24.2 Å².